The van der Waals surface area contributed by atoms with Crippen molar-refractivity contribution >= 4 is 17.1 Å². The van der Waals surface area contributed by atoms with Crippen LogP contribution in [0.2, 0.25) is 0 Å². The molecule has 1 aromatic carbocycles. The van der Waals surface area contributed by atoms with E-state index in [0.29, 0.717) is 11.0 Å². The van der Waals surface area contributed by atoms with Crippen molar-refractivity contribution < 1.29 is 9.53 Å². The van der Waals surface area contributed by atoms with Crippen molar-refractivity contribution in [3.8, 4) is 0 Å². The van der Waals surface area contributed by atoms with Gasteiger partial charge in [0.2, 0.25) is 0 Å². The molecule has 6 heteroatoms. The van der Waals surface area contributed by atoms with E-state index in [2.05, 4.69) is 10.3 Å². The van der Waals surface area contributed by atoms with Crippen LogP contribution in [-0.4, -0.2) is 34.3 Å². The maximum absolute atomic E-state index is 12.3. The molecule has 1 aromatic heterocycles. The number of fused-ring (bicyclic) bond motifs is 1. The Morgan fingerprint density at radius 2 is 2.19 bits per heavy atom. The number of nitrogens with one attached hydrogen (secondary N) is 2. The zero-order valence-corrected chi connectivity index (χ0v) is 12.0. The van der Waals surface area contributed by atoms with Crippen LogP contribution in [0.4, 0.5) is 4.79 Å². The van der Waals surface area contributed by atoms with Gasteiger partial charge in [-0.25, -0.2) is 9.59 Å². The van der Waals surface area contributed by atoms with Gasteiger partial charge in [-0.3, -0.25) is 0 Å². The topological polar surface area (TPSA) is 76.1 Å². The molecule has 1 aliphatic heterocycles. The summed E-state index contributed by atoms with van der Waals surface area (Å²) in [6.07, 6.45) is 2.37. The molecule has 1 saturated heterocycles. The summed E-state index contributed by atoms with van der Waals surface area (Å²) in [5, 5.41) is 3.35. The molecule has 2 atom stereocenters. The van der Waals surface area contributed by atoms with E-state index in [1.165, 1.54) is 0 Å². The van der Waals surface area contributed by atoms with E-state index in [0.717, 1.165) is 30.4 Å². The Balaban J connectivity index is 1.80. The van der Waals surface area contributed by atoms with Crippen molar-refractivity contribution in [2.75, 3.05) is 6.54 Å². The Morgan fingerprint density at radius 1 is 1.38 bits per heavy atom. The van der Waals surface area contributed by atoms with Crippen LogP contribution in [0.15, 0.2) is 29.1 Å². The second-order valence-electron chi connectivity index (χ2n) is 5.43. The summed E-state index contributed by atoms with van der Waals surface area (Å²) >= 11 is 0. The highest BCUT2D eigenvalue weighted by molar-refractivity contribution is 5.86. The van der Waals surface area contributed by atoms with E-state index >= 15 is 0 Å². The molecule has 1 fully saturated rings. The zero-order valence-electron chi connectivity index (χ0n) is 12.0. The second-order valence-corrected chi connectivity index (χ2v) is 5.43. The van der Waals surface area contributed by atoms with Gasteiger partial charge < -0.3 is 15.0 Å². The molecule has 0 bridgehead atoms. The lowest BCUT2D eigenvalue weighted by Gasteiger charge is -2.28. The number of ether oxygens (including phenoxy) is 1. The summed E-state index contributed by atoms with van der Waals surface area (Å²) < 4.78 is 6.51. The van der Waals surface area contributed by atoms with E-state index in [9.17, 15) is 9.59 Å². The van der Waals surface area contributed by atoms with Crippen molar-refractivity contribution in [2.45, 2.75) is 38.3 Å². The minimum absolute atomic E-state index is 0.156. The maximum atomic E-state index is 12.3. The van der Waals surface area contributed by atoms with E-state index in [4.69, 9.17) is 4.74 Å². The molecule has 2 heterocycles. The molecule has 0 amide bonds. The smallest absolute Gasteiger partial charge is 0.423 e. The number of H-pyrrole nitrogens is 1. The number of imidazole rings is 1. The molecule has 2 aromatic rings. The standard InChI is InChI=1S/C15H19N3O3/c1-10(11-6-4-5-9-16-11)21-15(20)18-13-8-3-2-7-12(13)17-14(18)19/h2-3,7-8,10-11,16H,4-6,9H2,1H3,(H,17,19). The van der Waals surface area contributed by atoms with Crippen LogP contribution in [0.5, 0.6) is 0 Å². The van der Waals surface area contributed by atoms with E-state index in [-0.39, 0.29) is 12.1 Å². The van der Waals surface area contributed by atoms with E-state index in [1.807, 2.05) is 13.0 Å². The summed E-state index contributed by atoms with van der Waals surface area (Å²) in [5.41, 5.74) is 0.698. The maximum Gasteiger partial charge on any atom is 0.423 e. The van der Waals surface area contributed by atoms with Gasteiger partial charge in [0.25, 0.3) is 0 Å². The number of carbonyl (C=O) groups is 1. The highest BCUT2D eigenvalue weighted by Gasteiger charge is 2.24. The van der Waals surface area contributed by atoms with Crippen LogP contribution in [0, 0.1) is 0 Å². The van der Waals surface area contributed by atoms with E-state index in [1.54, 1.807) is 18.2 Å². The summed E-state index contributed by atoms with van der Waals surface area (Å²) in [5.74, 6) is 0. The molecule has 0 spiro atoms. The molecular weight excluding hydrogens is 270 g/mol. The predicted molar refractivity (Wildman–Crippen MR) is 79.5 cm³/mol. The fraction of sp³-hybridized carbons (Fsp3) is 0.467. The Morgan fingerprint density at radius 3 is 2.95 bits per heavy atom. The van der Waals surface area contributed by atoms with Gasteiger partial charge >= 0.3 is 11.8 Å². The first-order valence-electron chi connectivity index (χ1n) is 7.31. The predicted octanol–water partition coefficient (Wildman–Crippen LogP) is 1.84. The molecule has 0 radical (unpaired) electrons. The lowest BCUT2D eigenvalue weighted by Crippen LogP contribution is -2.44. The van der Waals surface area contributed by atoms with Crippen LogP contribution in [0.3, 0.4) is 0 Å². The fourth-order valence-electron chi connectivity index (χ4n) is 2.81. The lowest BCUT2D eigenvalue weighted by atomic mass is 10.0. The van der Waals surface area contributed by atoms with Crippen LogP contribution in [-0.2, 0) is 4.74 Å². The highest BCUT2D eigenvalue weighted by Crippen LogP contribution is 2.14. The third-order valence-electron chi connectivity index (χ3n) is 3.97. The number of hydrogen-bond donors (Lipinski definition) is 2. The van der Waals surface area contributed by atoms with Gasteiger partial charge in [0, 0.05) is 6.04 Å². The van der Waals surface area contributed by atoms with Gasteiger partial charge in [0.1, 0.15) is 6.10 Å². The normalized spacial score (nSPS) is 20.3. The molecule has 2 N–H and O–H groups in total. The number of piperidine rings is 1. The number of aromatic amines is 1. The number of para-hydroxylation sites is 2. The first kappa shape index (κ1) is 13.9. The monoisotopic (exact) mass is 289 g/mol. The SMILES string of the molecule is CC(OC(=O)n1c(=O)[nH]c2ccccc21)C1CCCCN1. The Hall–Kier alpha value is -2.08. The summed E-state index contributed by atoms with van der Waals surface area (Å²) in [6.45, 7) is 2.81. The van der Waals surface area contributed by atoms with Crippen LogP contribution in [0.25, 0.3) is 11.0 Å². The molecule has 0 saturated carbocycles. The number of carbonyl (C=O) groups excluding carboxylic acids is 1. The van der Waals surface area contributed by atoms with Crippen LogP contribution < -0.4 is 11.0 Å². The van der Waals surface area contributed by atoms with Gasteiger partial charge in [0.05, 0.1) is 11.0 Å². The van der Waals surface area contributed by atoms with Gasteiger partial charge in [-0.1, -0.05) is 18.6 Å². The van der Waals surface area contributed by atoms with Gasteiger partial charge in [-0.05, 0) is 38.4 Å². The van der Waals surface area contributed by atoms with E-state index < -0.39 is 11.8 Å². The quantitative estimate of drug-likeness (QED) is 0.884. The fourth-order valence-corrected chi connectivity index (χ4v) is 2.81. The number of nitrogens with zero attached hydrogens (tertiary/aromatic N) is 1. The van der Waals surface area contributed by atoms with Crippen LogP contribution in [0.1, 0.15) is 26.2 Å². The van der Waals surface area contributed by atoms with Crippen molar-refractivity contribution in [1.29, 1.82) is 0 Å². The Kier molecular flexibility index (Phi) is 3.79. The number of benzene rings is 1. The molecule has 6 nitrogen and oxygen atoms in total. The van der Waals surface area contributed by atoms with Crippen molar-refractivity contribution in [3.63, 3.8) is 0 Å². The third-order valence-corrected chi connectivity index (χ3v) is 3.97. The number of hydrogen-bond acceptors (Lipinski definition) is 4. The molecular formula is C15H19N3O3. The largest absolute Gasteiger partial charge is 0.444 e. The number of aromatic nitrogens is 2. The second kappa shape index (κ2) is 5.73. The van der Waals surface area contributed by atoms with Crippen LogP contribution >= 0.6 is 0 Å². The average Bonchev–Trinajstić information content (AvgIpc) is 2.83. The molecule has 112 valence electrons. The Bertz CT molecular complexity index is 697. The van der Waals surface area contributed by atoms with Gasteiger partial charge in [0.15, 0.2) is 0 Å². The van der Waals surface area contributed by atoms with Crippen molar-refractivity contribution in [1.82, 2.24) is 14.9 Å². The first-order valence-corrected chi connectivity index (χ1v) is 7.31. The Labute approximate surface area is 122 Å². The minimum atomic E-state index is -0.627. The molecule has 21 heavy (non-hydrogen) atoms. The van der Waals surface area contributed by atoms with Gasteiger partial charge in [-0.15, -0.1) is 0 Å². The minimum Gasteiger partial charge on any atom is -0.444 e. The zero-order chi connectivity index (χ0) is 14.8. The van der Waals surface area contributed by atoms with Crippen molar-refractivity contribution in [3.05, 3.63) is 34.7 Å². The summed E-state index contributed by atoms with van der Waals surface area (Å²) in [7, 11) is 0. The number of rotatable bonds is 2. The first-order chi connectivity index (χ1) is 10.2. The third kappa shape index (κ3) is 2.71. The average molecular weight is 289 g/mol. The lowest BCUT2D eigenvalue weighted by molar-refractivity contribution is 0.0782. The summed E-state index contributed by atoms with van der Waals surface area (Å²) in [6, 6.07) is 7.22. The summed E-state index contributed by atoms with van der Waals surface area (Å²) in [4.78, 5) is 26.9. The molecule has 2 unspecified atom stereocenters. The molecule has 3 rings (SSSR count). The van der Waals surface area contributed by atoms with Gasteiger partial charge in [-0.2, -0.15) is 4.57 Å². The highest BCUT2D eigenvalue weighted by atomic mass is 16.6. The molecule has 0 aliphatic carbocycles. The molecule has 1 aliphatic rings. The van der Waals surface area contributed by atoms with Crippen molar-refractivity contribution in [2.24, 2.45) is 0 Å².